The van der Waals surface area contributed by atoms with Crippen molar-refractivity contribution >= 4 is 17.6 Å². The summed E-state index contributed by atoms with van der Waals surface area (Å²) in [5, 5.41) is 9.44. The number of halogens is 1. The predicted molar refractivity (Wildman–Crippen MR) is 56.6 cm³/mol. The van der Waals surface area contributed by atoms with Gasteiger partial charge < -0.3 is 9.84 Å². The molecule has 0 bridgehead atoms. The summed E-state index contributed by atoms with van der Waals surface area (Å²) in [6, 6.07) is 4.46. The lowest BCUT2D eigenvalue weighted by Crippen LogP contribution is -1.97. The maximum Gasteiger partial charge on any atom is 0.317 e. The largest absolute Gasteiger partial charge is 0.508 e. The van der Waals surface area contributed by atoms with Gasteiger partial charge in [0.1, 0.15) is 12.2 Å². The van der Waals surface area contributed by atoms with Gasteiger partial charge in [0.15, 0.2) is 0 Å². The lowest BCUT2D eigenvalue weighted by Gasteiger charge is -1.96. The van der Waals surface area contributed by atoms with Crippen LogP contribution in [0, 0.1) is 11.8 Å². The summed E-state index contributed by atoms with van der Waals surface area (Å²) in [4.78, 5) is 10.7. The molecule has 1 aromatic carbocycles. The lowest BCUT2D eigenvalue weighted by molar-refractivity contribution is -0.139. The summed E-state index contributed by atoms with van der Waals surface area (Å²) in [6.45, 7) is 0. The van der Waals surface area contributed by atoms with Gasteiger partial charge in [-0.15, -0.1) is 0 Å². The first-order valence-electron chi connectivity index (χ1n) is 4.17. The topological polar surface area (TPSA) is 46.5 Å². The van der Waals surface area contributed by atoms with Crippen molar-refractivity contribution in [1.82, 2.24) is 0 Å². The van der Waals surface area contributed by atoms with Crippen LogP contribution in [0.1, 0.15) is 12.0 Å². The van der Waals surface area contributed by atoms with E-state index in [2.05, 4.69) is 16.6 Å². The van der Waals surface area contributed by atoms with Crippen molar-refractivity contribution in [3.8, 4) is 17.6 Å². The number of hydrogen-bond donors (Lipinski definition) is 1. The van der Waals surface area contributed by atoms with Gasteiger partial charge >= 0.3 is 5.97 Å². The minimum Gasteiger partial charge on any atom is -0.508 e. The number of rotatable bonds is 1. The standard InChI is InChI=1S/C11H9ClO3/c1-15-11(14)4-2-3-8-5-6-9(13)7-10(8)12/h5-7,13H,4H2,1H3. The Morgan fingerprint density at radius 1 is 1.60 bits per heavy atom. The van der Waals surface area contributed by atoms with Crippen LogP contribution in [0.4, 0.5) is 0 Å². The van der Waals surface area contributed by atoms with E-state index in [1.807, 2.05) is 0 Å². The van der Waals surface area contributed by atoms with Gasteiger partial charge in [-0.1, -0.05) is 23.4 Å². The summed E-state index contributed by atoms with van der Waals surface area (Å²) < 4.78 is 4.42. The van der Waals surface area contributed by atoms with Crippen LogP contribution in [0.5, 0.6) is 5.75 Å². The highest BCUT2D eigenvalue weighted by Gasteiger charge is 1.98. The molecule has 4 heteroatoms. The van der Waals surface area contributed by atoms with E-state index in [1.54, 1.807) is 6.07 Å². The molecular formula is C11H9ClO3. The highest BCUT2D eigenvalue weighted by molar-refractivity contribution is 6.31. The van der Waals surface area contributed by atoms with E-state index in [0.717, 1.165) is 0 Å². The molecule has 1 rings (SSSR count). The average Bonchev–Trinajstić information content (AvgIpc) is 2.21. The van der Waals surface area contributed by atoms with Crippen LogP contribution in [0.2, 0.25) is 5.02 Å². The molecule has 0 radical (unpaired) electrons. The minimum absolute atomic E-state index is 0.0215. The monoisotopic (exact) mass is 224 g/mol. The maximum atomic E-state index is 10.7. The van der Waals surface area contributed by atoms with Gasteiger partial charge in [-0.25, -0.2) is 0 Å². The molecule has 0 amide bonds. The minimum atomic E-state index is -0.391. The van der Waals surface area contributed by atoms with Gasteiger partial charge in [-0.05, 0) is 18.2 Å². The first kappa shape index (κ1) is 11.4. The van der Waals surface area contributed by atoms with E-state index < -0.39 is 5.97 Å². The van der Waals surface area contributed by atoms with Crippen molar-refractivity contribution in [2.24, 2.45) is 0 Å². The molecule has 0 heterocycles. The summed E-state index contributed by atoms with van der Waals surface area (Å²) in [7, 11) is 1.30. The number of benzene rings is 1. The number of ether oxygens (including phenoxy) is 1. The molecule has 0 aliphatic rings. The Balaban J connectivity index is 2.76. The molecule has 78 valence electrons. The van der Waals surface area contributed by atoms with Gasteiger partial charge in [0.25, 0.3) is 0 Å². The van der Waals surface area contributed by atoms with Crippen LogP contribution in [0.3, 0.4) is 0 Å². The smallest absolute Gasteiger partial charge is 0.317 e. The number of aromatic hydroxyl groups is 1. The van der Waals surface area contributed by atoms with Gasteiger partial charge in [0.2, 0.25) is 0 Å². The van der Waals surface area contributed by atoms with Gasteiger partial charge in [-0.2, -0.15) is 0 Å². The fraction of sp³-hybridized carbons (Fsp3) is 0.182. The third-order valence-corrected chi connectivity index (χ3v) is 1.95. The number of phenolic OH excluding ortho intramolecular Hbond substituents is 1. The van der Waals surface area contributed by atoms with E-state index in [0.29, 0.717) is 10.6 Å². The van der Waals surface area contributed by atoms with E-state index in [1.165, 1.54) is 19.2 Å². The van der Waals surface area contributed by atoms with Crippen LogP contribution < -0.4 is 0 Å². The average molecular weight is 225 g/mol. The molecule has 0 saturated carbocycles. The Hall–Kier alpha value is -1.66. The van der Waals surface area contributed by atoms with Crippen molar-refractivity contribution in [3.05, 3.63) is 28.8 Å². The number of phenols is 1. The molecule has 0 aliphatic carbocycles. The zero-order chi connectivity index (χ0) is 11.3. The third kappa shape index (κ3) is 3.53. The van der Waals surface area contributed by atoms with Crippen LogP contribution in [0.25, 0.3) is 0 Å². The van der Waals surface area contributed by atoms with Crippen LogP contribution in [-0.4, -0.2) is 18.2 Å². The molecule has 0 aliphatic heterocycles. The molecule has 0 saturated heterocycles. The lowest BCUT2D eigenvalue weighted by atomic mass is 10.2. The zero-order valence-corrected chi connectivity index (χ0v) is 8.84. The molecule has 1 N–H and O–H groups in total. The number of carbonyl (C=O) groups excluding carboxylic acids is 1. The van der Waals surface area contributed by atoms with Crippen molar-refractivity contribution < 1.29 is 14.6 Å². The van der Waals surface area contributed by atoms with Crippen LogP contribution in [0.15, 0.2) is 18.2 Å². The van der Waals surface area contributed by atoms with E-state index in [9.17, 15) is 4.79 Å². The SMILES string of the molecule is COC(=O)CC#Cc1ccc(O)cc1Cl. The molecule has 0 unspecified atom stereocenters. The summed E-state index contributed by atoms with van der Waals surface area (Å²) >= 11 is 5.80. The Labute approximate surface area is 92.6 Å². The van der Waals surface area contributed by atoms with Gasteiger partial charge in [-0.3, -0.25) is 4.79 Å². The zero-order valence-electron chi connectivity index (χ0n) is 8.08. The highest BCUT2D eigenvalue weighted by atomic mass is 35.5. The molecule has 0 fully saturated rings. The second-order valence-electron chi connectivity index (χ2n) is 2.72. The Kier molecular flexibility index (Phi) is 4.02. The molecule has 15 heavy (non-hydrogen) atoms. The number of carbonyl (C=O) groups is 1. The van der Waals surface area contributed by atoms with E-state index >= 15 is 0 Å². The van der Waals surface area contributed by atoms with Gasteiger partial charge in [0, 0.05) is 5.56 Å². The van der Waals surface area contributed by atoms with Crippen molar-refractivity contribution in [3.63, 3.8) is 0 Å². The number of hydrogen-bond acceptors (Lipinski definition) is 3. The highest BCUT2D eigenvalue weighted by Crippen LogP contribution is 2.20. The second kappa shape index (κ2) is 5.28. The van der Waals surface area contributed by atoms with E-state index in [4.69, 9.17) is 16.7 Å². The van der Waals surface area contributed by atoms with Crippen LogP contribution >= 0.6 is 11.6 Å². The number of esters is 1. The second-order valence-corrected chi connectivity index (χ2v) is 3.13. The van der Waals surface area contributed by atoms with Gasteiger partial charge in [0.05, 0.1) is 12.1 Å². The molecule has 0 atom stereocenters. The van der Waals surface area contributed by atoms with Crippen LogP contribution in [-0.2, 0) is 9.53 Å². The fourth-order valence-electron chi connectivity index (χ4n) is 0.889. The normalized spacial score (nSPS) is 8.93. The third-order valence-electron chi connectivity index (χ3n) is 1.64. The molecule has 1 aromatic rings. The molecule has 0 aromatic heterocycles. The summed E-state index contributed by atoms with van der Waals surface area (Å²) in [5.41, 5.74) is 0.568. The first-order valence-corrected chi connectivity index (χ1v) is 4.55. The molecular weight excluding hydrogens is 216 g/mol. The Bertz CT molecular complexity index is 429. The van der Waals surface area contributed by atoms with Crippen molar-refractivity contribution in [1.29, 1.82) is 0 Å². The Morgan fingerprint density at radius 3 is 2.93 bits per heavy atom. The summed E-state index contributed by atoms with van der Waals surface area (Å²) in [5.74, 6) is 5.02. The molecule has 3 nitrogen and oxygen atoms in total. The maximum absolute atomic E-state index is 10.7. The summed E-state index contributed by atoms with van der Waals surface area (Å²) in [6.07, 6.45) is 0.0215. The number of methoxy groups -OCH3 is 1. The predicted octanol–water partition coefficient (Wildman–Crippen LogP) is 1.96. The van der Waals surface area contributed by atoms with Crippen molar-refractivity contribution in [2.75, 3.05) is 7.11 Å². The first-order chi connectivity index (χ1) is 7.13. The Morgan fingerprint density at radius 2 is 2.33 bits per heavy atom. The van der Waals surface area contributed by atoms with E-state index in [-0.39, 0.29) is 12.2 Å². The molecule has 0 spiro atoms. The quantitative estimate of drug-likeness (QED) is 0.586. The fourth-order valence-corrected chi connectivity index (χ4v) is 1.11. The van der Waals surface area contributed by atoms with Crippen molar-refractivity contribution in [2.45, 2.75) is 6.42 Å².